The van der Waals surface area contributed by atoms with E-state index in [-0.39, 0.29) is 16.9 Å². The Morgan fingerprint density at radius 2 is 2.16 bits per heavy atom. The van der Waals surface area contributed by atoms with Gasteiger partial charge in [0.2, 0.25) is 0 Å². The maximum absolute atomic E-state index is 12.3. The number of phenols is 1. The van der Waals surface area contributed by atoms with Crippen LogP contribution < -0.4 is 15.9 Å². The molecule has 0 bridgehead atoms. The van der Waals surface area contributed by atoms with Gasteiger partial charge in [0.1, 0.15) is 5.58 Å². The molecule has 1 aromatic heterocycles. The number of aryl methyl sites for hydroxylation is 1. The summed E-state index contributed by atoms with van der Waals surface area (Å²) in [5, 5.41) is 10.1. The molecule has 0 saturated carbocycles. The molecular weight excluding hydrogens is 246 g/mol. The number of rotatable bonds is 5. The van der Waals surface area contributed by atoms with E-state index in [1.807, 2.05) is 0 Å². The van der Waals surface area contributed by atoms with Crippen molar-refractivity contribution in [3.63, 3.8) is 0 Å². The van der Waals surface area contributed by atoms with Crippen LogP contribution in [0.1, 0.15) is 18.4 Å². The molecular formula is C14H17NO4. The average molecular weight is 263 g/mol. The van der Waals surface area contributed by atoms with Gasteiger partial charge in [0.15, 0.2) is 16.9 Å². The number of fused-ring (bicyclic) bond motifs is 1. The summed E-state index contributed by atoms with van der Waals surface area (Å²) in [6.07, 6.45) is 3.81. The Morgan fingerprint density at radius 3 is 2.84 bits per heavy atom. The van der Waals surface area contributed by atoms with Gasteiger partial charge >= 0.3 is 0 Å². The van der Waals surface area contributed by atoms with E-state index in [0.717, 1.165) is 12.8 Å². The zero-order valence-electron chi connectivity index (χ0n) is 10.8. The molecule has 0 atom stereocenters. The molecule has 0 amide bonds. The lowest BCUT2D eigenvalue weighted by atomic mass is 10.1. The Kier molecular flexibility index (Phi) is 4.06. The van der Waals surface area contributed by atoms with E-state index in [9.17, 15) is 9.90 Å². The number of ether oxygens (including phenoxy) is 1. The molecule has 19 heavy (non-hydrogen) atoms. The Balaban J connectivity index is 2.45. The summed E-state index contributed by atoms with van der Waals surface area (Å²) in [4.78, 5) is 12.3. The van der Waals surface area contributed by atoms with Gasteiger partial charge in [-0.3, -0.25) is 4.79 Å². The van der Waals surface area contributed by atoms with Crippen LogP contribution >= 0.6 is 0 Å². The molecule has 0 radical (unpaired) electrons. The van der Waals surface area contributed by atoms with Gasteiger partial charge in [-0.1, -0.05) is 0 Å². The van der Waals surface area contributed by atoms with Gasteiger partial charge in [-0.15, -0.1) is 0 Å². The number of hydrogen-bond acceptors (Lipinski definition) is 5. The van der Waals surface area contributed by atoms with Crippen LogP contribution in [0.4, 0.5) is 0 Å². The van der Waals surface area contributed by atoms with Crippen molar-refractivity contribution in [3.8, 4) is 11.5 Å². The highest BCUT2D eigenvalue weighted by Crippen LogP contribution is 2.29. The lowest BCUT2D eigenvalue weighted by Crippen LogP contribution is -2.09. The number of nitrogens with two attached hydrogens (primary N) is 1. The lowest BCUT2D eigenvalue weighted by molar-refractivity contribution is 0.373. The predicted octanol–water partition coefficient (Wildman–Crippen LogP) is 1.79. The van der Waals surface area contributed by atoms with E-state index >= 15 is 0 Å². The summed E-state index contributed by atoms with van der Waals surface area (Å²) in [6.45, 7) is 0.612. The molecule has 1 aromatic carbocycles. The van der Waals surface area contributed by atoms with Crippen LogP contribution in [0.2, 0.25) is 0 Å². The summed E-state index contributed by atoms with van der Waals surface area (Å²) < 4.78 is 10.4. The molecule has 5 heteroatoms. The first-order chi connectivity index (χ1) is 9.17. The highest BCUT2D eigenvalue weighted by atomic mass is 16.5. The van der Waals surface area contributed by atoms with Crippen LogP contribution in [0.25, 0.3) is 11.0 Å². The Morgan fingerprint density at radius 1 is 1.37 bits per heavy atom. The quantitative estimate of drug-likeness (QED) is 0.803. The monoisotopic (exact) mass is 263 g/mol. The van der Waals surface area contributed by atoms with E-state index in [0.29, 0.717) is 29.5 Å². The van der Waals surface area contributed by atoms with Gasteiger partial charge in [-0.05, 0) is 31.9 Å². The third kappa shape index (κ3) is 2.71. The third-order valence-corrected chi connectivity index (χ3v) is 3.05. The zero-order chi connectivity index (χ0) is 13.8. The number of unbranched alkanes of at least 4 members (excludes halogenated alkanes) is 1. The van der Waals surface area contributed by atoms with Crippen LogP contribution in [0.3, 0.4) is 0 Å². The molecule has 2 aromatic rings. The largest absolute Gasteiger partial charge is 0.504 e. The van der Waals surface area contributed by atoms with Crippen molar-refractivity contribution < 1.29 is 14.3 Å². The Bertz CT molecular complexity index is 633. The molecule has 1 heterocycles. The summed E-state index contributed by atoms with van der Waals surface area (Å²) in [5.74, 6) is 0.216. The average Bonchev–Trinajstić information content (AvgIpc) is 2.41. The molecule has 5 nitrogen and oxygen atoms in total. The predicted molar refractivity (Wildman–Crippen MR) is 72.7 cm³/mol. The van der Waals surface area contributed by atoms with Crippen molar-refractivity contribution >= 4 is 11.0 Å². The normalized spacial score (nSPS) is 10.8. The SMILES string of the molecule is COc1cc2c(=O)c(CCCCN)coc2cc1O. The summed E-state index contributed by atoms with van der Waals surface area (Å²) >= 11 is 0. The second-order valence-corrected chi connectivity index (χ2v) is 4.36. The molecule has 0 aliphatic heterocycles. The minimum atomic E-state index is -0.0865. The van der Waals surface area contributed by atoms with Gasteiger partial charge < -0.3 is 20.0 Å². The standard InChI is InChI=1S/C14H17NO4/c1-18-13-6-10-12(7-11(13)16)19-8-9(14(10)17)4-2-3-5-15/h6-8,16H,2-5,15H2,1H3. The maximum Gasteiger partial charge on any atom is 0.195 e. The smallest absolute Gasteiger partial charge is 0.195 e. The van der Waals surface area contributed by atoms with Crippen LogP contribution in [-0.4, -0.2) is 18.8 Å². The van der Waals surface area contributed by atoms with E-state index < -0.39 is 0 Å². The first kappa shape index (κ1) is 13.4. The number of hydrogen-bond donors (Lipinski definition) is 2. The molecule has 2 rings (SSSR count). The molecule has 3 N–H and O–H groups in total. The second-order valence-electron chi connectivity index (χ2n) is 4.36. The topological polar surface area (TPSA) is 85.7 Å². The van der Waals surface area contributed by atoms with E-state index in [1.54, 1.807) is 0 Å². The van der Waals surface area contributed by atoms with Gasteiger partial charge in [0.05, 0.1) is 18.8 Å². The molecule has 102 valence electrons. The molecule has 0 aliphatic carbocycles. The fourth-order valence-corrected chi connectivity index (χ4v) is 1.98. The molecule has 0 saturated heterocycles. The molecule has 0 unspecified atom stereocenters. The van der Waals surface area contributed by atoms with E-state index in [1.165, 1.54) is 25.5 Å². The number of aromatic hydroxyl groups is 1. The minimum Gasteiger partial charge on any atom is -0.504 e. The Labute approximate surface area is 110 Å². The van der Waals surface area contributed by atoms with Crippen LogP contribution in [0.15, 0.2) is 27.6 Å². The van der Waals surface area contributed by atoms with E-state index in [2.05, 4.69) is 0 Å². The zero-order valence-corrected chi connectivity index (χ0v) is 10.8. The molecule has 0 spiro atoms. The van der Waals surface area contributed by atoms with E-state index in [4.69, 9.17) is 14.9 Å². The number of phenolic OH excluding ortho intramolecular Hbond substituents is 1. The van der Waals surface area contributed by atoms with Gasteiger partial charge in [-0.2, -0.15) is 0 Å². The van der Waals surface area contributed by atoms with Gasteiger partial charge in [-0.25, -0.2) is 0 Å². The second kappa shape index (κ2) is 5.75. The highest BCUT2D eigenvalue weighted by molar-refractivity contribution is 5.81. The first-order valence-corrected chi connectivity index (χ1v) is 6.19. The fraction of sp³-hybridized carbons (Fsp3) is 0.357. The number of benzene rings is 1. The van der Waals surface area contributed by atoms with Crippen molar-refractivity contribution in [2.75, 3.05) is 13.7 Å². The van der Waals surface area contributed by atoms with Crippen LogP contribution in [0, 0.1) is 0 Å². The summed E-state index contributed by atoms with van der Waals surface area (Å²) in [6, 6.07) is 2.89. The fourth-order valence-electron chi connectivity index (χ4n) is 1.98. The summed E-state index contributed by atoms with van der Waals surface area (Å²) in [5.41, 5.74) is 6.32. The van der Waals surface area contributed by atoms with Crippen molar-refractivity contribution in [2.24, 2.45) is 5.73 Å². The van der Waals surface area contributed by atoms with Crippen LogP contribution in [-0.2, 0) is 6.42 Å². The Hall–Kier alpha value is -2.01. The minimum absolute atomic E-state index is 0.0472. The van der Waals surface area contributed by atoms with Crippen molar-refractivity contribution in [2.45, 2.75) is 19.3 Å². The van der Waals surface area contributed by atoms with Gasteiger partial charge in [0, 0.05) is 11.6 Å². The third-order valence-electron chi connectivity index (χ3n) is 3.05. The highest BCUT2D eigenvalue weighted by Gasteiger charge is 2.11. The van der Waals surface area contributed by atoms with Crippen molar-refractivity contribution in [1.29, 1.82) is 0 Å². The molecule has 0 aliphatic rings. The maximum atomic E-state index is 12.3. The van der Waals surface area contributed by atoms with Crippen molar-refractivity contribution in [3.05, 3.63) is 34.2 Å². The van der Waals surface area contributed by atoms with Crippen LogP contribution in [0.5, 0.6) is 11.5 Å². The summed E-state index contributed by atoms with van der Waals surface area (Å²) in [7, 11) is 1.44. The van der Waals surface area contributed by atoms with Gasteiger partial charge in [0.25, 0.3) is 0 Å². The van der Waals surface area contributed by atoms with Crippen molar-refractivity contribution in [1.82, 2.24) is 0 Å². The first-order valence-electron chi connectivity index (χ1n) is 6.19. The number of methoxy groups -OCH3 is 1. The lowest BCUT2D eigenvalue weighted by Gasteiger charge is -2.06. The molecule has 0 fully saturated rings.